The molecule has 24 heavy (non-hydrogen) atoms. The van der Waals surface area contributed by atoms with Gasteiger partial charge >= 0.3 is 0 Å². The Bertz CT molecular complexity index is 787. The van der Waals surface area contributed by atoms with Crippen LogP contribution in [-0.2, 0) is 19.9 Å². The van der Waals surface area contributed by atoms with Crippen LogP contribution in [0, 0.1) is 11.8 Å². The predicted octanol–water partition coefficient (Wildman–Crippen LogP) is 4.50. The molecule has 0 amide bonds. The molecular weight excluding hydrogens is 292 g/mol. The van der Waals surface area contributed by atoms with Crippen molar-refractivity contribution in [3.8, 4) is 0 Å². The molecule has 2 saturated heterocycles. The first-order chi connectivity index (χ1) is 11.7. The molecule has 1 aromatic carbocycles. The number of rotatable bonds is 2. The van der Waals surface area contributed by atoms with Gasteiger partial charge in [0.2, 0.25) is 0 Å². The molecule has 4 aliphatic rings. The van der Waals surface area contributed by atoms with Crippen molar-refractivity contribution in [3.63, 3.8) is 0 Å². The van der Waals surface area contributed by atoms with E-state index in [2.05, 4.69) is 48.6 Å². The molecule has 6 rings (SSSR count). The number of aryl methyl sites for hydroxylation is 2. The van der Waals surface area contributed by atoms with Crippen LogP contribution in [0.5, 0.6) is 0 Å². The molecule has 0 radical (unpaired) electrons. The van der Waals surface area contributed by atoms with Crippen molar-refractivity contribution in [3.05, 3.63) is 35.0 Å². The van der Waals surface area contributed by atoms with Crippen molar-refractivity contribution in [2.75, 3.05) is 13.1 Å². The number of fused-ring (bicyclic) bond motifs is 4. The normalized spacial score (nSPS) is 34.4. The van der Waals surface area contributed by atoms with Crippen molar-refractivity contribution in [2.24, 2.45) is 18.9 Å². The molecule has 2 aromatic rings. The van der Waals surface area contributed by atoms with Crippen molar-refractivity contribution in [2.45, 2.75) is 57.9 Å². The first-order valence-corrected chi connectivity index (χ1v) is 10.0. The minimum atomic E-state index is 0.766. The summed E-state index contributed by atoms with van der Waals surface area (Å²) in [6.45, 7) is 7.32. The lowest BCUT2D eigenvalue weighted by atomic mass is 9.65. The Labute approximate surface area is 145 Å². The van der Waals surface area contributed by atoms with Crippen molar-refractivity contribution in [1.82, 2.24) is 9.47 Å². The molecule has 1 aromatic heterocycles. The maximum absolute atomic E-state index is 2.87. The second-order valence-electron chi connectivity index (χ2n) is 8.48. The summed E-state index contributed by atoms with van der Waals surface area (Å²) in [5.74, 6) is 2.61. The molecule has 1 saturated carbocycles. The zero-order valence-corrected chi connectivity index (χ0v) is 15.4. The minimum Gasteiger partial charge on any atom is -0.347 e. The minimum absolute atomic E-state index is 0.766. The quantitative estimate of drug-likeness (QED) is 0.790. The van der Waals surface area contributed by atoms with E-state index in [1.165, 1.54) is 49.9 Å². The Morgan fingerprint density at radius 2 is 2.04 bits per heavy atom. The smallest absolute Gasteiger partial charge is 0.0483 e. The van der Waals surface area contributed by atoms with Gasteiger partial charge in [-0.3, -0.25) is 4.90 Å². The molecule has 5 atom stereocenters. The third kappa shape index (κ3) is 1.92. The van der Waals surface area contributed by atoms with Gasteiger partial charge < -0.3 is 4.57 Å². The van der Waals surface area contributed by atoms with Crippen molar-refractivity contribution < 1.29 is 0 Å². The van der Waals surface area contributed by atoms with Gasteiger partial charge in [0.05, 0.1) is 0 Å². The third-order valence-corrected chi connectivity index (χ3v) is 7.38. The molecule has 2 nitrogen and oxygen atoms in total. The fourth-order valence-electron chi connectivity index (χ4n) is 6.37. The van der Waals surface area contributed by atoms with E-state index in [1.807, 2.05) is 0 Å². The average molecular weight is 322 g/mol. The van der Waals surface area contributed by atoms with E-state index >= 15 is 0 Å². The number of hydrogen-bond donors (Lipinski definition) is 0. The number of hydrogen-bond acceptors (Lipinski definition) is 1. The van der Waals surface area contributed by atoms with Crippen LogP contribution < -0.4 is 0 Å². The summed E-state index contributed by atoms with van der Waals surface area (Å²) in [6, 6.07) is 7.98. The van der Waals surface area contributed by atoms with E-state index < -0.39 is 0 Å². The van der Waals surface area contributed by atoms with Gasteiger partial charge in [-0.25, -0.2) is 0 Å². The van der Waals surface area contributed by atoms with Crippen molar-refractivity contribution in [1.29, 1.82) is 0 Å². The van der Waals surface area contributed by atoms with Gasteiger partial charge in [0.15, 0.2) is 0 Å². The molecule has 3 fully saturated rings. The maximum atomic E-state index is 2.87. The lowest BCUT2D eigenvalue weighted by molar-refractivity contribution is -0.0140. The molecule has 3 aliphatic heterocycles. The fraction of sp³-hybridized carbons (Fsp3) is 0.636. The topological polar surface area (TPSA) is 8.17 Å². The van der Waals surface area contributed by atoms with Crippen LogP contribution in [0.25, 0.3) is 10.9 Å². The van der Waals surface area contributed by atoms with Gasteiger partial charge in [-0.15, -0.1) is 0 Å². The number of benzene rings is 1. The summed E-state index contributed by atoms with van der Waals surface area (Å²) in [5, 5.41) is 1.55. The SMILES string of the molecule is CCc1ccc2c(c1)c1c(n2C)C2CC3CC(CC)C2N(CC1)C3. The lowest BCUT2D eigenvalue weighted by Gasteiger charge is -2.53. The van der Waals surface area contributed by atoms with E-state index in [-0.39, 0.29) is 0 Å². The van der Waals surface area contributed by atoms with Crippen LogP contribution in [0.4, 0.5) is 0 Å². The first kappa shape index (κ1) is 15.0. The van der Waals surface area contributed by atoms with Crippen LogP contribution in [0.2, 0.25) is 0 Å². The highest BCUT2D eigenvalue weighted by atomic mass is 15.2. The number of piperidine rings is 2. The van der Waals surface area contributed by atoms with Crippen LogP contribution >= 0.6 is 0 Å². The molecule has 4 heterocycles. The Hall–Kier alpha value is -1.28. The van der Waals surface area contributed by atoms with Crippen LogP contribution in [-0.4, -0.2) is 28.6 Å². The summed E-state index contributed by atoms with van der Waals surface area (Å²) in [6.07, 6.45) is 6.64. The summed E-state index contributed by atoms with van der Waals surface area (Å²) >= 11 is 0. The first-order valence-electron chi connectivity index (χ1n) is 10.0. The molecule has 0 N–H and O–H groups in total. The summed E-state index contributed by atoms with van der Waals surface area (Å²) in [7, 11) is 2.33. The van der Waals surface area contributed by atoms with Gasteiger partial charge in [0, 0.05) is 48.7 Å². The molecule has 0 spiro atoms. The standard InChI is InChI=1S/C22H30N2/c1-4-14-6-7-20-18(11-14)17-8-9-24-13-15-10-16(5-2)21(24)19(12-15)22(17)23(20)3/h6-7,11,15-16,19,21H,4-5,8-10,12-13H2,1-3H3. The Balaban J connectivity index is 1.71. The zero-order chi connectivity index (χ0) is 16.4. The van der Waals surface area contributed by atoms with Gasteiger partial charge in [-0.2, -0.15) is 0 Å². The average Bonchev–Trinajstić information content (AvgIpc) is 2.83. The van der Waals surface area contributed by atoms with E-state index in [9.17, 15) is 0 Å². The molecule has 5 unspecified atom stereocenters. The van der Waals surface area contributed by atoms with Gasteiger partial charge in [0.1, 0.15) is 0 Å². The maximum Gasteiger partial charge on any atom is 0.0483 e. The highest BCUT2D eigenvalue weighted by Gasteiger charge is 2.49. The van der Waals surface area contributed by atoms with E-state index in [4.69, 9.17) is 0 Å². The molecule has 128 valence electrons. The van der Waals surface area contributed by atoms with Crippen molar-refractivity contribution >= 4 is 10.9 Å². The van der Waals surface area contributed by atoms with E-state index in [1.54, 1.807) is 16.6 Å². The highest BCUT2D eigenvalue weighted by molar-refractivity contribution is 5.86. The largest absolute Gasteiger partial charge is 0.347 e. The van der Waals surface area contributed by atoms with Crippen LogP contribution in [0.15, 0.2) is 18.2 Å². The van der Waals surface area contributed by atoms with E-state index in [0.29, 0.717) is 0 Å². The second-order valence-corrected chi connectivity index (χ2v) is 8.48. The van der Waals surface area contributed by atoms with Gasteiger partial charge in [-0.1, -0.05) is 26.3 Å². The molecular formula is C22H30N2. The Morgan fingerprint density at radius 1 is 1.17 bits per heavy atom. The third-order valence-electron chi connectivity index (χ3n) is 7.38. The predicted molar refractivity (Wildman–Crippen MR) is 101 cm³/mol. The Morgan fingerprint density at radius 3 is 2.83 bits per heavy atom. The monoisotopic (exact) mass is 322 g/mol. The molecule has 1 aliphatic carbocycles. The lowest BCUT2D eigenvalue weighted by Crippen LogP contribution is -2.56. The molecule has 4 bridgehead atoms. The number of nitrogens with zero attached hydrogens (tertiary/aromatic N) is 2. The second kappa shape index (κ2) is 5.36. The Kier molecular flexibility index (Phi) is 3.35. The summed E-state index contributed by atoms with van der Waals surface area (Å²) < 4.78 is 2.56. The highest BCUT2D eigenvalue weighted by Crippen LogP contribution is 2.51. The zero-order valence-electron chi connectivity index (χ0n) is 15.4. The number of aromatic nitrogens is 1. The van der Waals surface area contributed by atoms with E-state index in [0.717, 1.165) is 30.2 Å². The van der Waals surface area contributed by atoms with Crippen LogP contribution in [0.1, 0.15) is 55.8 Å². The summed E-state index contributed by atoms with van der Waals surface area (Å²) in [4.78, 5) is 2.87. The fourth-order valence-corrected chi connectivity index (χ4v) is 6.37. The molecule has 2 heteroatoms. The van der Waals surface area contributed by atoms with Crippen LogP contribution in [0.3, 0.4) is 0 Å². The van der Waals surface area contributed by atoms with Gasteiger partial charge in [-0.05, 0) is 60.8 Å². The van der Waals surface area contributed by atoms with Gasteiger partial charge in [0.25, 0.3) is 0 Å². The summed E-state index contributed by atoms with van der Waals surface area (Å²) in [5.41, 5.74) is 6.31.